The number of para-hydroxylation sites is 1. The van der Waals surface area contributed by atoms with E-state index in [0.29, 0.717) is 45.2 Å². The number of hydrogen-bond donors (Lipinski definition) is 1. The van der Waals surface area contributed by atoms with Crippen LogP contribution >= 0.6 is 11.6 Å². The average Bonchev–Trinajstić information content (AvgIpc) is 3.06. The molecule has 3 aromatic carbocycles. The molecule has 2 heterocycles. The number of carbonyl (C=O) groups is 3. The van der Waals surface area contributed by atoms with Crippen molar-refractivity contribution in [3.05, 3.63) is 100 Å². The largest absolute Gasteiger partial charge is 0.444 e. The number of ether oxygens (including phenoxy) is 2. The Labute approximate surface area is 232 Å². The maximum absolute atomic E-state index is 14.0. The lowest BCUT2D eigenvalue weighted by atomic mass is 9.82. The van der Waals surface area contributed by atoms with Gasteiger partial charge in [-0.3, -0.25) is 10.1 Å². The van der Waals surface area contributed by atoms with Crippen LogP contribution in [0.15, 0.2) is 78.4 Å². The molecule has 0 saturated carbocycles. The molecule has 7 nitrogen and oxygen atoms in total. The summed E-state index contributed by atoms with van der Waals surface area (Å²) in [7, 11) is 0. The topological polar surface area (TPSA) is 84.9 Å². The first-order valence-electron chi connectivity index (χ1n) is 12.7. The van der Waals surface area contributed by atoms with Crippen LogP contribution in [0.4, 0.5) is 16.2 Å². The summed E-state index contributed by atoms with van der Waals surface area (Å²) >= 11 is 6.36. The van der Waals surface area contributed by atoms with Gasteiger partial charge in [-0.1, -0.05) is 65.7 Å². The fourth-order valence-electron chi connectivity index (χ4n) is 5.15. The zero-order valence-corrected chi connectivity index (χ0v) is 23.0. The summed E-state index contributed by atoms with van der Waals surface area (Å²) in [6, 6.07) is 21.8. The molecular formula is C31H29ClN2O5. The van der Waals surface area contributed by atoms with Crippen molar-refractivity contribution in [2.45, 2.75) is 51.9 Å². The number of halogens is 1. The van der Waals surface area contributed by atoms with Gasteiger partial charge in [-0.05, 0) is 57.5 Å². The number of carbonyl (C=O) groups excluding carboxylic acids is 3. The number of amides is 2. The molecule has 0 fully saturated rings. The third-order valence-corrected chi connectivity index (χ3v) is 6.94. The molecule has 0 bridgehead atoms. The van der Waals surface area contributed by atoms with Gasteiger partial charge >= 0.3 is 12.1 Å². The van der Waals surface area contributed by atoms with Gasteiger partial charge in [-0.15, -0.1) is 0 Å². The minimum Gasteiger partial charge on any atom is -0.444 e. The predicted molar refractivity (Wildman–Crippen MR) is 150 cm³/mol. The Kier molecular flexibility index (Phi) is 6.72. The molecule has 2 aliphatic heterocycles. The number of esters is 1. The maximum atomic E-state index is 14.0. The summed E-state index contributed by atoms with van der Waals surface area (Å²) in [5.74, 6) is -0.978. The molecule has 1 spiro atoms. The fourth-order valence-corrected chi connectivity index (χ4v) is 5.32. The van der Waals surface area contributed by atoms with E-state index in [2.05, 4.69) is 5.32 Å². The number of hydrogen-bond acceptors (Lipinski definition) is 5. The molecule has 5 rings (SSSR count). The second kappa shape index (κ2) is 9.89. The summed E-state index contributed by atoms with van der Waals surface area (Å²) in [6.07, 6.45) is -0.494. The van der Waals surface area contributed by atoms with E-state index in [1.165, 1.54) is 0 Å². The molecule has 0 aromatic heterocycles. The number of fused-ring (bicyclic) bond motifs is 2. The van der Waals surface area contributed by atoms with E-state index in [0.717, 1.165) is 5.56 Å². The van der Waals surface area contributed by atoms with E-state index in [1.807, 2.05) is 30.3 Å². The third-order valence-electron chi connectivity index (χ3n) is 6.70. The first kappa shape index (κ1) is 26.5. The Morgan fingerprint density at radius 3 is 2.44 bits per heavy atom. The van der Waals surface area contributed by atoms with Gasteiger partial charge in [0, 0.05) is 22.6 Å². The highest BCUT2D eigenvalue weighted by Crippen LogP contribution is 2.51. The molecule has 0 radical (unpaired) electrons. The minimum absolute atomic E-state index is 0.145. The highest BCUT2D eigenvalue weighted by atomic mass is 35.5. The molecule has 2 aliphatic rings. The van der Waals surface area contributed by atoms with E-state index in [4.69, 9.17) is 21.1 Å². The summed E-state index contributed by atoms with van der Waals surface area (Å²) in [5.41, 5.74) is 1.78. The quantitative estimate of drug-likeness (QED) is 0.363. The van der Waals surface area contributed by atoms with E-state index in [9.17, 15) is 14.4 Å². The van der Waals surface area contributed by atoms with Gasteiger partial charge in [-0.25, -0.2) is 9.59 Å². The van der Waals surface area contributed by atoms with E-state index in [-0.39, 0.29) is 12.3 Å². The van der Waals surface area contributed by atoms with Crippen molar-refractivity contribution in [3.63, 3.8) is 0 Å². The minimum atomic E-state index is -1.53. The summed E-state index contributed by atoms with van der Waals surface area (Å²) in [4.78, 5) is 41.9. The van der Waals surface area contributed by atoms with Gasteiger partial charge in [-0.2, -0.15) is 0 Å². The Hall–Kier alpha value is -4.10. The van der Waals surface area contributed by atoms with Crippen LogP contribution in [0.3, 0.4) is 0 Å². The van der Waals surface area contributed by atoms with E-state index >= 15 is 0 Å². The van der Waals surface area contributed by atoms with Crippen molar-refractivity contribution < 1.29 is 23.9 Å². The molecule has 3 aromatic rings. The van der Waals surface area contributed by atoms with Crippen molar-refractivity contribution in [1.29, 1.82) is 0 Å². The van der Waals surface area contributed by atoms with Crippen molar-refractivity contribution in [3.8, 4) is 0 Å². The SMILES string of the molecule is CC1=C(c2ccccc2NC(=O)OC(C)(C)C)C(=O)O[C@]2(C1)C(=O)N(Cc1ccccc1)c1ccc(Cl)cc12. The van der Waals surface area contributed by atoms with Gasteiger partial charge < -0.3 is 14.4 Å². The monoisotopic (exact) mass is 544 g/mol. The molecule has 8 heteroatoms. The number of nitrogens with one attached hydrogen (secondary N) is 1. The zero-order valence-electron chi connectivity index (χ0n) is 22.2. The highest BCUT2D eigenvalue weighted by Gasteiger charge is 2.56. The van der Waals surface area contributed by atoms with Crippen LogP contribution in [-0.4, -0.2) is 23.6 Å². The summed E-state index contributed by atoms with van der Waals surface area (Å²) in [6.45, 7) is 7.44. The molecule has 2 amide bonds. The lowest BCUT2D eigenvalue weighted by Gasteiger charge is -2.34. The van der Waals surface area contributed by atoms with E-state index < -0.39 is 23.3 Å². The van der Waals surface area contributed by atoms with Crippen LogP contribution in [0, 0.1) is 0 Å². The maximum Gasteiger partial charge on any atom is 0.412 e. The van der Waals surface area contributed by atoms with Crippen LogP contribution in [0.5, 0.6) is 0 Å². The molecule has 0 aliphatic carbocycles. The Morgan fingerprint density at radius 2 is 1.74 bits per heavy atom. The van der Waals surface area contributed by atoms with Crippen LogP contribution < -0.4 is 10.2 Å². The molecular weight excluding hydrogens is 516 g/mol. The van der Waals surface area contributed by atoms with Crippen molar-refractivity contribution in [1.82, 2.24) is 0 Å². The lowest BCUT2D eigenvalue weighted by Crippen LogP contribution is -2.46. The van der Waals surface area contributed by atoms with Crippen molar-refractivity contribution in [2.75, 3.05) is 10.2 Å². The number of rotatable bonds is 4. The van der Waals surface area contributed by atoms with Gasteiger partial charge in [0.25, 0.3) is 5.91 Å². The number of benzene rings is 3. The molecule has 1 atom stereocenters. The number of nitrogens with zero attached hydrogens (tertiary/aromatic N) is 1. The standard InChI is InChI=1S/C31H29ClN2O5/c1-19-17-31(23-16-21(32)14-15-25(23)34(28(31)36)18-20-10-6-5-7-11-20)38-27(35)26(19)22-12-8-9-13-24(22)33-29(37)39-30(2,3)4/h5-16H,17-18H2,1-4H3,(H,33,37)/t31-/m0/s1. The number of anilines is 2. The van der Waals surface area contributed by atoms with Gasteiger partial charge in [0.2, 0.25) is 5.60 Å². The molecule has 0 saturated heterocycles. The lowest BCUT2D eigenvalue weighted by molar-refractivity contribution is -0.163. The Balaban J connectivity index is 1.53. The van der Waals surface area contributed by atoms with Crippen LogP contribution in [0.2, 0.25) is 5.02 Å². The first-order valence-corrected chi connectivity index (χ1v) is 13.0. The second-order valence-corrected chi connectivity index (χ2v) is 11.2. The first-order chi connectivity index (χ1) is 18.5. The smallest absolute Gasteiger partial charge is 0.412 e. The Bertz CT molecular complexity index is 1510. The third kappa shape index (κ3) is 5.02. The normalized spacial score (nSPS) is 18.7. The average molecular weight is 545 g/mol. The van der Waals surface area contributed by atoms with Crippen LogP contribution in [-0.2, 0) is 31.2 Å². The summed E-state index contributed by atoms with van der Waals surface area (Å²) < 4.78 is 11.5. The zero-order chi connectivity index (χ0) is 27.9. The van der Waals surface area contributed by atoms with Gasteiger partial charge in [0.1, 0.15) is 5.60 Å². The molecule has 0 unspecified atom stereocenters. The summed E-state index contributed by atoms with van der Waals surface area (Å²) in [5, 5.41) is 3.18. The van der Waals surface area contributed by atoms with Crippen molar-refractivity contribution in [2.24, 2.45) is 0 Å². The van der Waals surface area contributed by atoms with Gasteiger partial charge in [0.15, 0.2) is 0 Å². The van der Waals surface area contributed by atoms with Crippen LogP contribution in [0.25, 0.3) is 5.57 Å². The molecule has 200 valence electrons. The van der Waals surface area contributed by atoms with Gasteiger partial charge in [0.05, 0.1) is 23.5 Å². The predicted octanol–water partition coefficient (Wildman–Crippen LogP) is 6.85. The second-order valence-electron chi connectivity index (χ2n) is 10.8. The highest BCUT2D eigenvalue weighted by molar-refractivity contribution is 6.31. The molecule has 39 heavy (non-hydrogen) atoms. The Morgan fingerprint density at radius 1 is 1.05 bits per heavy atom. The van der Waals surface area contributed by atoms with Crippen molar-refractivity contribution >= 4 is 46.5 Å². The fraction of sp³-hybridized carbons (Fsp3) is 0.258. The molecule has 1 N–H and O–H groups in total. The van der Waals surface area contributed by atoms with E-state index in [1.54, 1.807) is 75.1 Å². The van der Waals surface area contributed by atoms with Crippen LogP contribution in [0.1, 0.15) is 50.8 Å².